The second kappa shape index (κ2) is 9.98. The van der Waals surface area contributed by atoms with E-state index in [0.717, 1.165) is 11.1 Å². The molecule has 2 aromatic carbocycles. The van der Waals surface area contributed by atoms with Crippen LogP contribution in [0.2, 0.25) is 15.1 Å². The summed E-state index contributed by atoms with van der Waals surface area (Å²) in [5, 5.41) is 4.16. The molecule has 0 aliphatic carbocycles. The molecule has 0 aromatic heterocycles. The first-order valence-corrected chi connectivity index (χ1v) is 9.70. The molecule has 0 heterocycles. The van der Waals surface area contributed by atoms with Gasteiger partial charge in [-0.25, -0.2) is 0 Å². The fourth-order valence-electron chi connectivity index (χ4n) is 2.66. The lowest BCUT2D eigenvalue weighted by Crippen LogP contribution is -2.48. The zero-order valence-corrected chi connectivity index (χ0v) is 17.4. The molecule has 27 heavy (non-hydrogen) atoms. The number of nitrogens with zero attached hydrogens (tertiary/aromatic N) is 1. The van der Waals surface area contributed by atoms with Crippen LogP contribution in [0, 0.1) is 0 Å². The minimum atomic E-state index is -0.626. The van der Waals surface area contributed by atoms with Gasteiger partial charge in [-0.05, 0) is 49.2 Å². The SMILES string of the molecule is CCNC(=O)C(C)N(Cc1cccc(Cl)c1)C(=O)Cc1ccc(Cl)c(Cl)c1. The zero-order valence-electron chi connectivity index (χ0n) is 15.1. The third-order valence-corrected chi connectivity index (χ3v) is 5.07. The summed E-state index contributed by atoms with van der Waals surface area (Å²) in [6.07, 6.45) is 0.112. The van der Waals surface area contributed by atoms with Crippen molar-refractivity contribution in [3.05, 3.63) is 68.7 Å². The summed E-state index contributed by atoms with van der Waals surface area (Å²) in [6.45, 7) is 4.32. The first kappa shape index (κ1) is 21.5. The molecule has 144 valence electrons. The maximum atomic E-state index is 13.0. The van der Waals surface area contributed by atoms with Gasteiger partial charge >= 0.3 is 0 Å². The molecular formula is C20H21Cl3N2O2. The lowest BCUT2D eigenvalue weighted by molar-refractivity contribution is -0.140. The Morgan fingerprint density at radius 2 is 1.78 bits per heavy atom. The van der Waals surface area contributed by atoms with Crippen molar-refractivity contribution < 1.29 is 9.59 Å². The number of benzene rings is 2. The number of hydrogen-bond donors (Lipinski definition) is 1. The summed E-state index contributed by atoms with van der Waals surface area (Å²) >= 11 is 18.0. The molecule has 0 spiro atoms. The molecule has 1 N–H and O–H groups in total. The molecule has 1 atom stereocenters. The number of amides is 2. The van der Waals surface area contributed by atoms with Gasteiger partial charge in [-0.15, -0.1) is 0 Å². The van der Waals surface area contributed by atoms with Crippen LogP contribution in [0.3, 0.4) is 0 Å². The molecule has 2 aromatic rings. The van der Waals surface area contributed by atoms with Crippen LogP contribution < -0.4 is 5.32 Å². The molecule has 0 fully saturated rings. The highest BCUT2D eigenvalue weighted by Gasteiger charge is 2.26. The van der Waals surface area contributed by atoms with Gasteiger partial charge in [0.1, 0.15) is 6.04 Å². The van der Waals surface area contributed by atoms with Crippen LogP contribution in [0.5, 0.6) is 0 Å². The van der Waals surface area contributed by atoms with Crippen LogP contribution >= 0.6 is 34.8 Å². The second-order valence-electron chi connectivity index (χ2n) is 6.15. The minimum Gasteiger partial charge on any atom is -0.355 e. The van der Waals surface area contributed by atoms with E-state index in [1.54, 1.807) is 42.2 Å². The monoisotopic (exact) mass is 426 g/mol. The Bertz CT molecular complexity index is 827. The highest BCUT2D eigenvalue weighted by Crippen LogP contribution is 2.23. The summed E-state index contributed by atoms with van der Waals surface area (Å²) in [5.74, 6) is -0.394. The van der Waals surface area contributed by atoms with E-state index in [4.69, 9.17) is 34.8 Å². The van der Waals surface area contributed by atoms with Gasteiger partial charge in [0.25, 0.3) is 0 Å². The highest BCUT2D eigenvalue weighted by atomic mass is 35.5. The highest BCUT2D eigenvalue weighted by molar-refractivity contribution is 6.42. The first-order chi connectivity index (χ1) is 12.8. The van der Waals surface area contributed by atoms with E-state index in [1.165, 1.54) is 0 Å². The summed E-state index contributed by atoms with van der Waals surface area (Å²) in [4.78, 5) is 26.9. The van der Waals surface area contributed by atoms with Crippen LogP contribution in [0.1, 0.15) is 25.0 Å². The maximum absolute atomic E-state index is 13.0. The Labute approximate surface area is 174 Å². The predicted molar refractivity (Wildman–Crippen MR) is 110 cm³/mol. The van der Waals surface area contributed by atoms with Crippen molar-refractivity contribution >= 4 is 46.6 Å². The molecule has 2 amide bonds. The third kappa shape index (κ3) is 6.13. The Hall–Kier alpha value is -1.75. The average Bonchev–Trinajstić information content (AvgIpc) is 2.62. The summed E-state index contributed by atoms with van der Waals surface area (Å²) in [7, 11) is 0. The smallest absolute Gasteiger partial charge is 0.242 e. The molecule has 0 bridgehead atoms. The lowest BCUT2D eigenvalue weighted by Gasteiger charge is -2.29. The molecule has 0 saturated carbocycles. The van der Waals surface area contributed by atoms with Gasteiger partial charge in [0, 0.05) is 18.1 Å². The molecule has 0 aliphatic rings. The van der Waals surface area contributed by atoms with Crippen LogP contribution in [0.4, 0.5) is 0 Å². The van der Waals surface area contributed by atoms with Gasteiger partial charge in [-0.3, -0.25) is 9.59 Å². The van der Waals surface area contributed by atoms with Crippen molar-refractivity contribution in [3.63, 3.8) is 0 Å². The normalized spacial score (nSPS) is 11.7. The van der Waals surface area contributed by atoms with Crippen molar-refractivity contribution in [1.82, 2.24) is 10.2 Å². The first-order valence-electron chi connectivity index (χ1n) is 8.57. The van der Waals surface area contributed by atoms with Crippen molar-refractivity contribution in [2.24, 2.45) is 0 Å². The Kier molecular flexibility index (Phi) is 7.96. The van der Waals surface area contributed by atoms with Crippen LogP contribution in [-0.4, -0.2) is 29.3 Å². The van der Waals surface area contributed by atoms with Crippen LogP contribution in [-0.2, 0) is 22.6 Å². The average molecular weight is 428 g/mol. The van der Waals surface area contributed by atoms with Crippen molar-refractivity contribution in [1.29, 1.82) is 0 Å². The van der Waals surface area contributed by atoms with Gasteiger partial charge in [0.15, 0.2) is 0 Å². The molecule has 1 unspecified atom stereocenters. The van der Waals surface area contributed by atoms with E-state index < -0.39 is 6.04 Å². The fraction of sp³-hybridized carbons (Fsp3) is 0.300. The predicted octanol–water partition coefficient (Wildman–Crippen LogP) is 4.74. The van der Waals surface area contributed by atoms with E-state index in [-0.39, 0.29) is 24.8 Å². The van der Waals surface area contributed by atoms with Gasteiger partial charge in [0.05, 0.1) is 16.5 Å². The number of rotatable bonds is 7. The van der Waals surface area contributed by atoms with Crippen molar-refractivity contribution in [2.75, 3.05) is 6.54 Å². The standard InChI is InChI=1S/C20H21Cl3N2O2/c1-3-24-20(27)13(2)25(12-15-5-4-6-16(21)9-15)19(26)11-14-7-8-17(22)18(23)10-14/h4-10,13H,3,11-12H2,1-2H3,(H,24,27). The summed E-state index contributed by atoms with van der Waals surface area (Å²) < 4.78 is 0. The Balaban J connectivity index is 2.25. The topological polar surface area (TPSA) is 49.4 Å². The lowest BCUT2D eigenvalue weighted by atomic mass is 10.1. The number of nitrogens with one attached hydrogen (secondary N) is 1. The number of carbonyl (C=O) groups is 2. The van der Waals surface area contributed by atoms with Gasteiger partial charge in [0.2, 0.25) is 11.8 Å². The molecule has 0 saturated heterocycles. The van der Waals surface area contributed by atoms with E-state index in [9.17, 15) is 9.59 Å². The number of halogens is 3. The Morgan fingerprint density at radius 3 is 2.41 bits per heavy atom. The van der Waals surface area contributed by atoms with E-state index in [2.05, 4.69) is 5.32 Å². The van der Waals surface area contributed by atoms with Gasteiger partial charge in [-0.2, -0.15) is 0 Å². The maximum Gasteiger partial charge on any atom is 0.242 e. The minimum absolute atomic E-state index is 0.112. The van der Waals surface area contributed by atoms with Crippen LogP contribution in [0.15, 0.2) is 42.5 Å². The van der Waals surface area contributed by atoms with Gasteiger partial charge in [-0.1, -0.05) is 53.0 Å². The molecule has 7 heteroatoms. The summed E-state index contributed by atoms with van der Waals surface area (Å²) in [6, 6.07) is 11.7. The largest absolute Gasteiger partial charge is 0.355 e. The molecule has 4 nitrogen and oxygen atoms in total. The van der Waals surface area contributed by atoms with Crippen LogP contribution in [0.25, 0.3) is 0 Å². The quantitative estimate of drug-likeness (QED) is 0.693. The number of carbonyl (C=O) groups excluding carboxylic acids is 2. The molecule has 0 radical (unpaired) electrons. The second-order valence-corrected chi connectivity index (χ2v) is 7.40. The van der Waals surface area contributed by atoms with Gasteiger partial charge < -0.3 is 10.2 Å². The fourth-order valence-corrected chi connectivity index (χ4v) is 3.20. The Morgan fingerprint density at radius 1 is 1.04 bits per heavy atom. The van der Waals surface area contributed by atoms with Crippen molar-refractivity contribution in [2.45, 2.75) is 32.9 Å². The molecular weight excluding hydrogens is 407 g/mol. The summed E-state index contributed by atoms with van der Waals surface area (Å²) in [5.41, 5.74) is 1.58. The number of hydrogen-bond acceptors (Lipinski definition) is 2. The molecule has 2 rings (SSSR count). The van der Waals surface area contributed by atoms with E-state index >= 15 is 0 Å². The number of likely N-dealkylation sites (N-methyl/N-ethyl adjacent to an activating group) is 1. The molecule has 0 aliphatic heterocycles. The van der Waals surface area contributed by atoms with E-state index in [1.807, 2.05) is 19.1 Å². The zero-order chi connectivity index (χ0) is 20.0. The van der Waals surface area contributed by atoms with E-state index in [0.29, 0.717) is 21.6 Å². The third-order valence-electron chi connectivity index (χ3n) is 4.10. The van der Waals surface area contributed by atoms with Crippen molar-refractivity contribution in [3.8, 4) is 0 Å².